The Morgan fingerprint density at radius 2 is 1.65 bits per heavy atom. The van der Waals surface area contributed by atoms with Crippen molar-refractivity contribution in [1.29, 1.82) is 0 Å². The van der Waals surface area contributed by atoms with E-state index in [1.807, 2.05) is 26.0 Å². The summed E-state index contributed by atoms with van der Waals surface area (Å²) < 4.78 is 31.5. The lowest BCUT2D eigenvalue weighted by atomic mass is 9.93. The number of methoxy groups -OCH3 is 1. The number of aryl methyl sites for hydroxylation is 1. The third kappa shape index (κ3) is 5.92. The fourth-order valence-corrected chi connectivity index (χ4v) is 4.92. The predicted octanol–water partition coefficient (Wildman–Crippen LogP) is 4.81. The van der Waals surface area contributed by atoms with Gasteiger partial charge in [-0.1, -0.05) is 25.4 Å². The standard InChI is InChI=1S/C23H31ClN2O4S/c1-14(2)20-13-21(15(3)12-22(20)30-6)16(4)25-23(27)17(5)26(31(7,28)29)19-10-8-18(24)9-11-19/h8-14,16-17H,1-7H3,(H,25,27). The molecule has 0 saturated heterocycles. The van der Waals surface area contributed by atoms with Gasteiger partial charge in [0, 0.05) is 5.02 Å². The Hall–Kier alpha value is -2.25. The Bertz CT molecular complexity index is 1040. The van der Waals surface area contributed by atoms with Crippen LogP contribution in [0.5, 0.6) is 5.75 Å². The normalized spacial score (nSPS) is 13.6. The van der Waals surface area contributed by atoms with E-state index in [2.05, 4.69) is 19.2 Å². The molecule has 170 valence electrons. The van der Waals surface area contributed by atoms with E-state index in [1.165, 1.54) is 0 Å². The third-order valence-electron chi connectivity index (χ3n) is 5.24. The molecule has 0 aromatic heterocycles. The predicted molar refractivity (Wildman–Crippen MR) is 127 cm³/mol. The van der Waals surface area contributed by atoms with Crippen LogP contribution in [0, 0.1) is 6.92 Å². The number of carbonyl (C=O) groups is 1. The minimum Gasteiger partial charge on any atom is -0.496 e. The summed E-state index contributed by atoms with van der Waals surface area (Å²) in [6.07, 6.45) is 1.08. The third-order valence-corrected chi connectivity index (χ3v) is 6.73. The Kier molecular flexibility index (Phi) is 8.00. The molecule has 0 heterocycles. The van der Waals surface area contributed by atoms with Crippen molar-refractivity contribution in [2.24, 2.45) is 0 Å². The number of benzene rings is 2. The van der Waals surface area contributed by atoms with E-state index in [0.717, 1.165) is 33.0 Å². The Labute approximate surface area is 190 Å². The van der Waals surface area contributed by atoms with Crippen LogP contribution >= 0.6 is 11.6 Å². The van der Waals surface area contributed by atoms with Gasteiger partial charge in [-0.25, -0.2) is 8.42 Å². The topological polar surface area (TPSA) is 75.7 Å². The molecule has 2 atom stereocenters. The van der Waals surface area contributed by atoms with Gasteiger partial charge < -0.3 is 10.1 Å². The molecule has 2 unspecified atom stereocenters. The molecule has 1 N–H and O–H groups in total. The summed E-state index contributed by atoms with van der Waals surface area (Å²) in [5, 5.41) is 3.45. The molecule has 2 rings (SSSR count). The first kappa shape index (κ1) is 25.0. The lowest BCUT2D eigenvalue weighted by Crippen LogP contribution is -2.48. The zero-order valence-electron chi connectivity index (χ0n) is 19.1. The van der Waals surface area contributed by atoms with Gasteiger partial charge in [0.2, 0.25) is 15.9 Å². The molecular weight excluding hydrogens is 436 g/mol. The maximum absolute atomic E-state index is 13.0. The summed E-state index contributed by atoms with van der Waals surface area (Å²) in [5.74, 6) is 0.671. The van der Waals surface area contributed by atoms with Crippen LogP contribution in [0.15, 0.2) is 36.4 Å². The number of nitrogens with zero attached hydrogens (tertiary/aromatic N) is 1. The fourth-order valence-electron chi connectivity index (χ4n) is 3.62. The SMILES string of the molecule is COc1cc(C)c(C(C)NC(=O)C(C)N(c2ccc(Cl)cc2)S(C)(=O)=O)cc1C(C)C. The number of hydrogen-bond acceptors (Lipinski definition) is 4. The van der Waals surface area contributed by atoms with Gasteiger partial charge in [-0.05, 0) is 79.8 Å². The van der Waals surface area contributed by atoms with Crippen LogP contribution in [0.25, 0.3) is 0 Å². The number of sulfonamides is 1. The summed E-state index contributed by atoms with van der Waals surface area (Å²) in [5.41, 5.74) is 3.38. The van der Waals surface area contributed by atoms with Crippen LogP contribution < -0.4 is 14.4 Å². The van der Waals surface area contributed by atoms with E-state index in [4.69, 9.17) is 16.3 Å². The monoisotopic (exact) mass is 466 g/mol. The first-order valence-electron chi connectivity index (χ1n) is 10.1. The molecular formula is C23H31ClN2O4S. The number of rotatable bonds is 8. The summed E-state index contributed by atoms with van der Waals surface area (Å²) >= 11 is 5.92. The summed E-state index contributed by atoms with van der Waals surface area (Å²) in [7, 11) is -2.06. The van der Waals surface area contributed by atoms with Crippen LogP contribution in [0.4, 0.5) is 5.69 Å². The van der Waals surface area contributed by atoms with Crippen molar-refractivity contribution in [2.75, 3.05) is 17.7 Å². The van der Waals surface area contributed by atoms with Gasteiger partial charge in [-0.3, -0.25) is 9.10 Å². The van der Waals surface area contributed by atoms with Crippen molar-refractivity contribution in [1.82, 2.24) is 5.32 Å². The number of halogens is 1. The molecule has 1 amide bonds. The Morgan fingerprint density at radius 1 is 1.06 bits per heavy atom. The summed E-state index contributed by atoms with van der Waals surface area (Å²) in [6, 6.07) is 9.10. The first-order chi connectivity index (χ1) is 14.4. The zero-order chi connectivity index (χ0) is 23.5. The van der Waals surface area contributed by atoms with Gasteiger partial charge in [0.1, 0.15) is 11.8 Å². The quantitative estimate of drug-likeness (QED) is 0.605. The Morgan fingerprint density at radius 3 is 2.13 bits per heavy atom. The van der Waals surface area contributed by atoms with Gasteiger partial charge in [0.15, 0.2) is 0 Å². The van der Waals surface area contributed by atoms with E-state index in [-0.39, 0.29) is 12.0 Å². The van der Waals surface area contributed by atoms with Crippen molar-refractivity contribution >= 4 is 33.2 Å². The van der Waals surface area contributed by atoms with Gasteiger partial charge in [0.25, 0.3) is 0 Å². The molecule has 6 nitrogen and oxygen atoms in total. The molecule has 2 aromatic carbocycles. The van der Waals surface area contributed by atoms with Gasteiger partial charge in [-0.15, -0.1) is 0 Å². The highest BCUT2D eigenvalue weighted by atomic mass is 35.5. The van der Waals surface area contributed by atoms with Crippen molar-refractivity contribution < 1.29 is 17.9 Å². The van der Waals surface area contributed by atoms with Gasteiger partial charge in [-0.2, -0.15) is 0 Å². The fraction of sp³-hybridized carbons (Fsp3) is 0.435. The number of ether oxygens (including phenoxy) is 1. The second-order valence-corrected chi connectivity index (χ2v) is 10.3. The van der Waals surface area contributed by atoms with Gasteiger partial charge >= 0.3 is 0 Å². The average molecular weight is 467 g/mol. The van der Waals surface area contributed by atoms with Crippen LogP contribution in [-0.4, -0.2) is 33.7 Å². The number of amides is 1. The van der Waals surface area contributed by atoms with Gasteiger partial charge in [0.05, 0.1) is 25.1 Å². The largest absolute Gasteiger partial charge is 0.496 e. The highest BCUT2D eigenvalue weighted by molar-refractivity contribution is 7.92. The minimum atomic E-state index is -3.70. The van der Waals surface area contributed by atoms with Crippen molar-refractivity contribution in [3.8, 4) is 5.75 Å². The molecule has 0 bridgehead atoms. The maximum atomic E-state index is 13.0. The number of hydrogen-bond donors (Lipinski definition) is 1. The number of carbonyl (C=O) groups excluding carboxylic acids is 1. The van der Waals surface area contributed by atoms with Crippen molar-refractivity contribution in [3.63, 3.8) is 0 Å². The second kappa shape index (κ2) is 9.92. The summed E-state index contributed by atoms with van der Waals surface area (Å²) in [6.45, 7) is 9.58. The average Bonchev–Trinajstić information content (AvgIpc) is 2.67. The smallest absolute Gasteiger partial charge is 0.244 e. The Balaban J connectivity index is 2.32. The molecule has 0 aliphatic carbocycles. The minimum absolute atomic E-state index is 0.252. The van der Waals surface area contributed by atoms with Crippen molar-refractivity contribution in [3.05, 3.63) is 58.1 Å². The molecule has 8 heteroatoms. The second-order valence-electron chi connectivity index (χ2n) is 8.05. The number of nitrogens with one attached hydrogen (secondary N) is 1. The molecule has 0 aliphatic rings. The van der Waals surface area contributed by atoms with Crippen molar-refractivity contribution in [2.45, 2.75) is 52.6 Å². The molecule has 0 spiro atoms. The first-order valence-corrected chi connectivity index (χ1v) is 12.3. The highest BCUT2D eigenvalue weighted by Gasteiger charge is 2.30. The lowest BCUT2D eigenvalue weighted by Gasteiger charge is -2.29. The van der Waals surface area contributed by atoms with Crippen LogP contribution in [0.3, 0.4) is 0 Å². The zero-order valence-corrected chi connectivity index (χ0v) is 20.6. The van der Waals surface area contributed by atoms with E-state index >= 15 is 0 Å². The molecule has 0 fully saturated rings. The van der Waals surface area contributed by atoms with E-state index in [1.54, 1.807) is 38.3 Å². The van der Waals surface area contributed by atoms with E-state index in [9.17, 15) is 13.2 Å². The molecule has 2 aromatic rings. The number of anilines is 1. The molecule has 0 saturated carbocycles. The molecule has 31 heavy (non-hydrogen) atoms. The van der Waals surface area contributed by atoms with E-state index < -0.39 is 22.0 Å². The summed E-state index contributed by atoms with van der Waals surface area (Å²) in [4.78, 5) is 13.0. The molecule has 0 aliphatic heterocycles. The lowest BCUT2D eigenvalue weighted by molar-refractivity contribution is -0.122. The van der Waals surface area contributed by atoms with Crippen LogP contribution in [0.2, 0.25) is 5.02 Å². The van der Waals surface area contributed by atoms with Crippen LogP contribution in [0.1, 0.15) is 56.3 Å². The molecule has 0 radical (unpaired) electrons. The van der Waals surface area contributed by atoms with Crippen LogP contribution in [-0.2, 0) is 14.8 Å². The maximum Gasteiger partial charge on any atom is 0.244 e. The van der Waals surface area contributed by atoms with E-state index in [0.29, 0.717) is 10.7 Å². The highest BCUT2D eigenvalue weighted by Crippen LogP contribution is 2.32.